The number of anilines is 2. The summed E-state index contributed by atoms with van der Waals surface area (Å²) in [7, 11) is 3.27. The number of nitrogens with two attached hydrogens (primary N) is 1. The molecule has 0 unspecified atom stereocenters. The van der Waals surface area contributed by atoms with Gasteiger partial charge in [0.05, 0.1) is 17.8 Å². The molecule has 1 aromatic rings. The first-order chi connectivity index (χ1) is 7.58. The van der Waals surface area contributed by atoms with Crippen LogP contribution in [0, 0.1) is 11.3 Å². The van der Waals surface area contributed by atoms with E-state index >= 15 is 0 Å². The second-order valence-electron chi connectivity index (χ2n) is 3.28. The van der Waals surface area contributed by atoms with Gasteiger partial charge in [0.1, 0.15) is 6.07 Å². The van der Waals surface area contributed by atoms with Crippen LogP contribution in [0.15, 0.2) is 12.3 Å². The van der Waals surface area contributed by atoms with E-state index in [9.17, 15) is 4.79 Å². The van der Waals surface area contributed by atoms with Crippen LogP contribution in [0.1, 0.15) is 5.56 Å². The van der Waals surface area contributed by atoms with Crippen molar-refractivity contribution in [2.45, 2.75) is 0 Å². The zero-order valence-electron chi connectivity index (χ0n) is 9.19. The van der Waals surface area contributed by atoms with Gasteiger partial charge in [-0.3, -0.25) is 4.79 Å². The molecule has 0 aliphatic heterocycles. The van der Waals surface area contributed by atoms with E-state index in [4.69, 9.17) is 11.0 Å². The molecule has 1 rings (SSSR count). The van der Waals surface area contributed by atoms with Crippen LogP contribution in [0.5, 0.6) is 0 Å². The molecule has 0 atom stereocenters. The van der Waals surface area contributed by atoms with Crippen molar-refractivity contribution < 1.29 is 4.79 Å². The number of amides is 1. The van der Waals surface area contributed by atoms with Crippen molar-refractivity contribution in [3.05, 3.63) is 17.8 Å². The van der Waals surface area contributed by atoms with Crippen molar-refractivity contribution in [2.75, 3.05) is 31.3 Å². The van der Waals surface area contributed by atoms with Gasteiger partial charge in [0, 0.05) is 20.3 Å². The first-order valence-electron chi connectivity index (χ1n) is 4.65. The Morgan fingerprint density at radius 2 is 2.44 bits per heavy atom. The molecular weight excluding hydrogens is 206 g/mol. The fourth-order valence-corrected chi connectivity index (χ4v) is 1.22. The monoisotopic (exact) mass is 219 g/mol. The highest BCUT2D eigenvalue weighted by atomic mass is 16.1. The van der Waals surface area contributed by atoms with Crippen LogP contribution in [-0.4, -0.2) is 31.5 Å². The lowest BCUT2D eigenvalue weighted by atomic mass is 10.2. The highest BCUT2D eigenvalue weighted by molar-refractivity contribution is 5.81. The Balaban J connectivity index is 2.88. The number of hydrogen-bond acceptors (Lipinski definition) is 5. The maximum Gasteiger partial charge on any atom is 0.239 e. The third kappa shape index (κ3) is 2.60. The van der Waals surface area contributed by atoms with Crippen molar-refractivity contribution in [1.82, 2.24) is 10.3 Å². The van der Waals surface area contributed by atoms with Gasteiger partial charge in [0.25, 0.3) is 0 Å². The molecule has 0 saturated carbocycles. The minimum Gasteiger partial charge on any atom is -0.396 e. The van der Waals surface area contributed by atoms with Crippen molar-refractivity contribution >= 4 is 17.4 Å². The smallest absolute Gasteiger partial charge is 0.239 e. The van der Waals surface area contributed by atoms with E-state index < -0.39 is 0 Å². The summed E-state index contributed by atoms with van der Waals surface area (Å²) in [4.78, 5) is 16.8. The predicted octanol–water partition coefficient (Wildman–Crippen LogP) is -0.282. The van der Waals surface area contributed by atoms with Crippen LogP contribution in [0.2, 0.25) is 0 Å². The van der Waals surface area contributed by atoms with Gasteiger partial charge in [-0.25, -0.2) is 4.98 Å². The number of hydrogen-bond donors (Lipinski definition) is 2. The summed E-state index contributed by atoms with van der Waals surface area (Å²) in [5.74, 6) is 0.357. The second kappa shape index (κ2) is 4.98. The molecule has 0 aliphatic carbocycles. The van der Waals surface area contributed by atoms with Crippen LogP contribution < -0.4 is 16.0 Å². The van der Waals surface area contributed by atoms with Crippen LogP contribution in [-0.2, 0) is 4.79 Å². The molecule has 0 fully saturated rings. The predicted molar refractivity (Wildman–Crippen MR) is 60.7 cm³/mol. The standard InChI is InChI=1S/C10H13N5O/c1-13-9(16)6-15(2)10-8(12)3-7(4-11)5-14-10/h3,5H,6,12H2,1-2H3,(H,13,16). The van der Waals surface area contributed by atoms with Gasteiger partial charge in [-0.2, -0.15) is 5.26 Å². The lowest BCUT2D eigenvalue weighted by Crippen LogP contribution is -2.33. The molecular formula is C10H13N5O. The molecule has 84 valence electrons. The maximum atomic E-state index is 11.2. The Kier molecular flexibility index (Phi) is 3.67. The van der Waals surface area contributed by atoms with Gasteiger partial charge in [-0.15, -0.1) is 0 Å². The molecule has 0 aliphatic rings. The van der Waals surface area contributed by atoms with Gasteiger partial charge in [-0.05, 0) is 6.07 Å². The molecule has 0 saturated heterocycles. The van der Waals surface area contributed by atoms with Gasteiger partial charge < -0.3 is 16.0 Å². The van der Waals surface area contributed by atoms with Crippen molar-refractivity contribution in [2.24, 2.45) is 0 Å². The number of nitriles is 1. The Bertz CT molecular complexity index is 437. The summed E-state index contributed by atoms with van der Waals surface area (Å²) in [5, 5.41) is 11.2. The Hall–Kier alpha value is -2.29. The summed E-state index contributed by atoms with van der Waals surface area (Å²) in [6, 6.07) is 3.48. The number of nitrogen functional groups attached to an aromatic ring is 1. The average Bonchev–Trinajstić information content (AvgIpc) is 2.28. The number of carbonyl (C=O) groups is 1. The largest absolute Gasteiger partial charge is 0.396 e. The van der Waals surface area contributed by atoms with Gasteiger partial charge >= 0.3 is 0 Å². The lowest BCUT2D eigenvalue weighted by molar-refractivity contribution is -0.119. The fraction of sp³-hybridized carbons (Fsp3) is 0.300. The van der Waals surface area contributed by atoms with Crippen LogP contribution in [0.4, 0.5) is 11.5 Å². The molecule has 0 aromatic carbocycles. The number of carbonyl (C=O) groups excluding carboxylic acids is 1. The zero-order chi connectivity index (χ0) is 12.1. The van der Waals surface area contributed by atoms with Gasteiger partial charge in [-0.1, -0.05) is 0 Å². The van der Waals surface area contributed by atoms with E-state index in [1.165, 1.54) is 12.3 Å². The fourth-order valence-electron chi connectivity index (χ4n) is 1.22. The maximum absolute atomic E-state index is 11.2. The summed E-state index contributed by atoms with van der Waals surface area (Å²) >= 11 is 0. The van der Waals surface area contributed by atoms with E-state index in [2.05, 4.69) is 10.3 Å². The Morgan fingerprint density at radius 3 is 2.94 bits per heavy atom. The number of nitrogens with zero attached hydrogens (tertiary/aromatic N) is 3. The molecule has 1 aromatic heterocycles. The van der Waals surface area contributed by atoms with E-state index in [0.29, 0.717) is 17.1 Å². The normalized spacial score (nSPS) is 9.31. The number of pyridine rings is 1. The van der Waals surface area contributed by atoms with E-state index in [-0.39, 0.29) is 12.5 Å². The molecule has 16 heavy (non-hydrogen) atoms. The minimum absolute atomic E-state index is 0.131. The molecule has 1 heterocycles. The zero-order valence-corrected chi connectivity index (χ0v) is 9.19. The number of rotatable bonds is 3. The Labute approximate surface area is 93.7 Å². The Morgan fingerprint density at radius 1 is 1.75 bits per heavy atom. The second-order valence-corrected chi connectivity index (χ2v) is 3.28. The molecule has 0 radical (unpaired) electrons. The summed E-state index contributed by atoms with van der Waals surface area (Å²) in [6.45, 7) is 0.166. The summed E-state index contributed by atoms with van der Waals surface area (Å²) < 4.78 is 0. The third-order valence-corrected chi connectivity index (χ3v) is 2.05. The average molecular weight is 219 g/mol. The van der Waals surface area contributed by atoms with Crippen LogP contribution >= 0.6 is 0 Å². The molecule has 0 spiro atoms. The highest BCUT2D eigenvalue weighted by Gasteiger charge is 2.10. The van der Waals surface area contributed by atoms with Crippen molar-refractivity contribution in [3.8, 4) is 6.07 Å². The number of nitrogens with one attached hydrogen (secondary N) is 1. The summed E-state index contributed by atoms with van der Waals surface area (Å²) in [5.41, 5.74) is 6.51. The van der Waals surface area contributed by atoms with Crippen molar-refractivity contribution in [1.29, 1.82) is 5.26 Å². The molecule has 0 bridgehead atoms. The first-order valence-corrected chi connectivity index (χ1v) is 4.65. The van der Waals surface area contributed by atoms with E-state index in [0.717, 1.165) is 0 Å². The SMILES string of the molecule is CNC(=O)CN(C)c1ncc(C#N)cc1N. The molecule has 3 N–H and O–H groups in total. The number of aromatic nitrogens is 1. The first kappa shape index (κ1) is 11.8. The van der Waals surface area contributed by atoms with Crippen molar-refractivity contribution in [3.63, 3.8) is 0 Å². The quantitative estimate of drug-likeness (QED) is 0.728. The third-order valence-electron chi connectivity index (χ3n) is 2.05. The van der Waals surface area contributed by atoms with E-state index in [1.54, 1.807) is 19.0 Å². The number of likely N-dealkylation sites (N-methyl/N-ethyl adjacent to an activating group) is 2. The van der Waals surface area contributed by atoms with Crippen LogP contribution in [0.3, 0.4) is 0 Å². The van der Waals surface area contributed by atoms with Gasteiger partial charge in [0.2, 0.25) is 5.91 Å². The summed E-state index contributed by atoms with van der Waals surface area (Å²) in [6.07, 6.45) is 1.42. The molecule has 6 nitrogen and oxygen atoms in total. The van der Waals surface area contributed by atoms with Crippen LogP contribution in [0.25, 0.3) is 0 Å². The molecule has 6 heteroatoms. The molecule has 1 amide bonds. The highest BCUT2D eigenvalue weighted by Crippen LogP contribution is 2.19. The lowest BCUT2D eigenvalue weighted by Gasteiger charge is -2.18. The van der Waals surface area contributed by atoms with E-state index in [1.807, 2.05) is 6.07 Å². The topological polar surface area (TPSA) is 95.0 Å². The van der Waals surface area contributed by atoms with Gasteiger partial charge in [0.15, 0.2) is 5.82 Å². The minimum atomic E-state index is -0.131.